The Morgan fingerprint density at radius 2 is 2.03 bits per heavy atom. The number of rotatable bonds is 4. The van der Waals surface area contributed by atoms with Gasteiger partial charge in [-0.3, -0.25) is 14.7 Å². The third-order valence-corrected chi connectivity index (χ3v) is 6.50. The Balaban J connectivity index is 1.42. The number of amides is 1. The van der Waals surface area contributed by atoms with E-state index >= 15 is 4.39 Å². The molecule has 3 aromatic rings. The van der Waals surface area contributed by atoms with Crippen molar-refractivity contribution in [3.63, 3.8) is 0 Å². The number of pyridine rings is 2. The predicted octanol–water partition coefficient (Wildman–Crippen LogP) is 4.03. The molecule has 0 saturated heterocycles. The molecule has 2 atom stereocenters. The highest BCUT2D eigenvalue weighted by Gasteiger charge is 2.39. The van der Waals surface area contributed by atoms with Crippen molar-refractivity contribution in [2.45, 2.75) is 44.8 Å². The smallest absolute Gasteiger partial charge is 0.260 e. The normalized spacial score (nSPS) is 20.0. The summed E-state index contributed by atoms with van der Waals surface area (Å²) in [7, 11) is 0. The summed E-state index contributed by atoms with van der Waals surface area (Å²) < 4.78 is 34.1. The molecule has 0 bridgehead atoms. The highest BCUT2D eigenvalue weighted by atomic mass is 19.1. The zero-order valence-electron chi connectivity index (χ0n) is 18.1. The van der Waals surface area contributed by atoms with Crippen molar-refractivity contribution in [2.75, 3.05) is 6.73 Å². The van der Waals surface area contributed by atoms with Crippen molar-refractivity contribution in [3.8, 4) is 17.0 Å². The monoisotopic (exact) mass is 451 g/mol. The van der Waals surface area contributed by atoms with Crippen molar-refractivity contribution in [1.82, 2.24) is 14.9 Å². The maximum Gasteiger partial charge on any atom is 0.260 e. The van der Waals surface area contributed by atoms with Crippen molar-refractivity contribution in [1.29, 1.82) is 0 Å². The molecular formula is C25H23F2N3O3. The fraction of sp³-hybridized carbons (Fsp3) is 0.320. The first kappa shape index (κ1) is 21.5. The van der Waals surface area contributed by atoms with E-state index in [1.807, 2.05) is 6.07 Å². The number of halogens is 2. The molecular weight excluding hydrogens is 428 g/mol. The molecule has 3 heterocycles. The van der Waals surface area contributed by atoms with E-state index < -0.39 is 17.9 Å². The summed E-state index contributed by atoms with van der Waals surface area (Å²) in [4.78, 5) is 22.6. The van der Waals surface area contributed by atoms with Crippen molar-refractivity contribution < 1.29 is 23.4 Å². The Hall–Kier alpha value is -3.39. The molecule has 1 amide bonds. The van der Waals surface area contributed by atoms with Crippen molar-refractivity contribution in [2.24, 2.45) is 0 Å². The molecule has 1 N–H and O–H groups in total. The number of carbonyl (C=O) groups excluding carboxylic acids is 1. The van der Waals surface area contributed by atoms with Gasteiger partial charge in [0.05, 0.1) is 23.4 Å². The Kier molecular flexibility index (Phi) is 5.54. The zero-order valence-corrected chi connectivity index (χ0v) is 18.1. The Bertz CT molecular complexity index is 1220. The number of ether oxygens (including phenoxy) is 1. The van der Waals surface area contributed by atoms with Crippen LogP contribution in [0, 0.1) is 18.7 Å². The molecule has 1 aromatic carbocycles. The summed E-state index contributed by atoms with van der Waals surface area (Å²) in [5.41, 5.74) is 3.28. The molecule has 8 heteroatoms. The number of benzene rings is 1. The third kappa shape index (κ3) is 3.95. The van der Waals surface area contributed by atoms with Crippen LogP contribution in [-0.2, 0) is 6.42 Å². The lowest BCUT2D eigenvalue weighted by molar-refractivity contribution is 0.0115. The van der Waals surface area contributed by atoms with E-state index in [4.69, 9.17) is 4.74 Å². The first-order valence-corrected chi connectivity index (χ1v) is 10.9. The quantitative estimate of drug-likeness (QED) is 0.607. The Morgan fingerprint density at radius 1 is 1.18 bits per heavy atom. The number of aliphatic hydroxyl groups excluding tert-OH is 1. The van der Waals surface area contributed by atoms with Crippen LogP contribution in [0.5, 0.6) is 5.75 Å². The Labute approximate surface area is 189 Å². The van der Waals surface area contributed by atoms with Crippen LogP contribution in [0.25, 0.3) is 11.3 Å². The van der Waals surface area contributed by atoms with Gasteiger partial charge in [-0.1, -0.05) is 6.07 Å². The topological polar surface area (TPSA) is 75.6 Å². The summed E-state index contributed by atoms with van der Waals surface area (Å²) in [5.74, 6) is -1.47. The minimum atomic E-state index is -0.590. The molecule has 2 aliphatic rings. The van der Waals surface area contributed by atoms with Gasteiger partial charge in [-0.25, -0.2) is 9.37 Å². The lowest BCUT2D eigenvalue weighted by Crippen LogP contribution is -2.48. The van der Waals surface area contributed by atoms with Crippen LogP contribution < -0.4 is 4.74 Å². The van der Waals surface area contributed by atoms with Gasteiger partial charge in [0.2, 0.25) is 5.95 Å². The summed E-state index contributed by atoms with van der Waals surface area (Å²) in [6, 6.07) is 7.96. The van der Waals surface area contributed by atoms with Gasteiger partial charge in [-0.05, 0) is 67.5 Å². The van der Waals surface area contributed by atoms with Crippen molar-refractivity contribution >= 4 is 5.91 Å². The molecule has 1 aliphatic carbocycles. The molecule has 1 aliphatic heterocycles. The van der Waals surface area contributed by atoms with Gasteiger partial charge in [0.1, 0.15) is 0 Å². The van der Waals surface area contributed by atoms with E-state index in [1.54, 1.807) is 31.3 Å². The van der Waals surface area contributed by atoms with E-state index in [9.17, 15) is 14.3 Å². The number of carbonyl (C=O) groups is 1. The second-order valence-corrected chi connectivity index (χ2v) is 8.56. The zero-order chi connectivity index (χ0) is 23.1. The molecule has 0 radical (unpaired) electrons. The van der Waals surface area contributed by atoms with E-state index in [0.717, 1.165) is 12.0 Å². The maximum atomic E-state index is 15.1. The van der Waals surface area contributed by atoms with Crippen LogP contribution in [0.1, 0.15) is 46.3 Å². The van der Waals surface area contributed by atoms with E-state index in [0.29, 0.717) is 41.6 Å². The van der Waals surface area contributed by atoms with Crippen LogP contribution >= 0.6 is 0 Å². The van der Waals surface area contributed by atoms with Gasteiger partial charge in [-0.2, -0.15) is 4.39 Å². The molecule has 0 spiro atoms. The molecule has 5 rings (SSSR count). The number of hydrogen-bond acceptors (Lipinski definition) is 5. The fourth-order valence-electron chi connectivity index (χ4n) is 4.62. The maximum absolute atomic E-state index is 15.1. The molecule has 6 nitrogen and oxygen atoms in total. The molecule has 170 valence electrons. The fourth-order valence-corrected chi connectivity index (χ4v) is 4.62. The highest BCUT2D eigenvalue weighted by molar-refractivity contribution is 5.98. The average Bonchev–Trinajstić information content (AvgIpc) is 3.24. The van der Waals surface area contributed by atoms with Gasteiger partial charge in [0.25, 0.3) is 5.91 Å². The van der Waals surface area contributed by atoms with Crippen LogP contribution in [0.2, 0.25) is 0 Å². The van der Waals surface area contributed by atoms with Gasteiger partial charge in [-0.15, -0.1) is 0 Å². The van der Waals surface area contributed by atoms with Crippen LogP contribution in [0.4, 0.5) is 8.78 Å². The standard InChI is InChI=1S/C25H23F2N3O3/c1-14-17(9-15-5-6-19(29-12-15)16-7-8-28-22(26)11-16)10-18-24(23(14)27)33-13-30(25(18)32)20-3-2-4-21(20)31/h5-8,10-12,20-21,31H,2-4,9,13H2,1H3/t20-,21-/m0/s1. The SMILES string of the molecule is Cc1c(Cc2ccc(-c3ccnc(F)c3)nc2)cc2c(c1F)OCN([C@H]1CCC[C@@H]1O)C2=O. The van der Waals surface area contributed by atoms with Gasteiger partial charge in [0.15, 0.2) is 18.3 Å². The molecule has 33 heavy (non-hydrogen) atoms. The van der Waals surface area contributed by atoms with Gasteiger partial charge >= 0.3 is 0 Å². The van der Waals surface area contributed by atoms with E-state index in [2.05, 4.69) is 9.97 Å². The van der Waals surface area contributed by atoms with Crippen LogP contribution in [0.3, 0.4) is 0 Å². The predicted molar refractivity (Wildman–Crippen MR) is 117 cm³/mol. The number of nitrogens with zero attached hydrogens (tertiary/aromatic N) is 3. The van der Waals surface area contributed by atoms with Gasteiger partial charge in [0, 0.05) is 24.0 Å². The second kappa shape index (κ2) is 8.51. The molecule has 0 unspecified atom stereocenters. The van der Waals surface area contributed by atoms with Gasteiger partial charge < -0.3 is 9.84 Å². The summed E-state index contributed by atoms with van der Waals surface area (Å²) in [6.45, 7) is 1.59. The lowest BCUT2D eigenvalue weighted by Gasteiger charge is -2.35. The van der Waals surface area contributed by atoms with Crippen molar-refractivity contribution in [3.05, 3.63) is 76.7 Å². The minimum absolute atomic E-state index is 0.0295. The number of hydrogen-bond donors (Lipinski definition) is 1. The minimum Gasteiger partial charge on any atom is -0.469 e. The third-order valence-electron chi connectivity index (χ3n) is 6.50. The van der Waals surface area contributed by atoms with E-state index in [-0.39, 0.29) is 30.0 Å². The number of aliphatic hydroxyl groups is 1. The number of aromatic nitrogens is 2. The summed E-state index contributed by atoms with van der Waals surface area (Å²) in [6.07, 6.45) is 5.00. The first-order chi connectivity index (χ1) is 15.9. The molecule has 1 saturated carbocycles. The molecule has 2 aromatic heterocycles. The largest absolute Gasteiger partial charge is 0.469 e. The highest BCUT2D eigenvalue weighted by Crippen LogP contribution is 2.36. The van der Waals surface area contributed by atoms with Crippen LogP contribution in [0.15, 0.2) is 42.7 Å². The average molecular weight is 451 g/mol. The second-order valence-electron chi connectivity index (χ2n) is 8.56. The summed E-state index contributed by atoms with van der Waals surface area (Å²) in [5, 5.41) is 10.2. The van der Waals surface area contributed by atoms with Crippen LogP contribution in [-0.4, -0.2) is 44.8 Å². The lowest BCUT2D eigenvalue weighted by atomic mass is 9.96. The summed E-state index contributed by atoms with van der Waals surface area (Å²) >= 11 is 0. The molecule has 1 fully saturated rings. The van der Waals surface area contributed by atoms with E-state index in [1.165, 1.54) is 17.2 Å². The Morgan fingerprint density at radius 3 is 2.73 bits per heavy atom. The first-order valence-electron chi connectivity index (χ1n) is 10.9. The number of fused-ring (bicyclic) bond motifs is 1.